The van der Waals surface area contributed by atoms with Gasteiger partial charge in [-0.2, -0.15) is 5.26 Å². The third-order valence-corrected chi connectivity index (χ3v) is 4.96. The van der Waals surface area contributed by atoms with E-state index in [1.165, 1.54) is 0 Å². The fraction of sp³-hybridized carbons (Fsp3) is 0.286. The second-order valence-electron chi connectivity index (χ2n) is 4.03. The third-order valence-electron chi connectivity index (χ3n) is 3.00. The fourth-order valence-electron chi connectivity index (χ4n) is 1.89. The summed E-state index contributed by atoms with van der Waals surface area (Å²) in [5, 5.41) is 14.7. The zero-order chi connectivity index (χ0) is 13.6. The first kappa shape index (κ1) is 14.1. The maximum absolute atomic E-state index is 9.55. The van der Waals surface area contributed by atoms with Gasteiger partial charge in [-0.05, 0) is 19.0 Å². The summed E-state index contributed by atoms with van der Waals surface area (Å²) in [7, 11) is 1.84. The Morgan fingerprint density at radius 3 is 2.79 bits per heavy atom. The molecule has 0 radical (unpaired) electrons. The average molecular weight is 289 g/mol. The van der Waals surface area contributed by atoms with E-state index in [9.17, 15) is 5.26 Å². The summed E-state index contributed by atoms with van der Waals surface area (Å²) in [6.45, 7) is 0. The number of benzene rings is 1. The van der Waals surface area contributed by atoms with E-state index in [4.69, 9.17) is 0 Å². The zero-order valence-corrected chi connectivity index (χ0v) is 12.3. The maximum atomic E-state index is 9.55. The van der Waals surface area contributed by atoms with Crippen LogP contribution in [0.2, 0.25) is 0 Å². The van der Waals surface area contributed by atoms with Crippen molar-refractivity contribution in [3.05, 3.63) is 47.5 Å². The first-order chi connectivity index (χ1) is 9.30. The lowest BCUT2D eigenvalue weighted by Crippen LogP contribution is -2.39. The molecule has 1 unspecified atom stereocenters. The molecule has 0 aliphatic heterocycles. The Labute approximate surface area is 121 Å². The van der Waals surface area contributed by atoms with Crippen LogP contribution in [0.1, 0.15) is 12.0 Å². The molecule has 0 aliphatic carbocycles. The van der Waals surface area contributed by atoms with Gasteiger partial charge in [0, 0.05) is 17.3 Å². The lowest BCUT2D eigenvalue weighted by atomic mass is 9.89. The molecule has 2 rings (SSSR count). The number of thiazole rings is 1. The minimum absolute atomic E-state index is 0.620. The Kier molecular flexibility index (Phi) is 4.97. The molecule has 3 nitrogen and oxygen atoms in total. The molecule has 0 saturated carbocycles. The number of rotatable bonds is 6. The summed E-state index contributed by atoms with van der Waals surface area (Å²) in [6, 6.07) is 12.3. The highest BCUT2D eigenvalue weighted by molar-refractivity contribution is 8.00. The summed E-state index contributed by atoms with van der Waals surface area (Å²) in [4.78, 5) is 4.24. The van der Waals surface area contributed by atoms with E-state index >= 15 is 0 Å². The van der Waals surface area contributed by atoms with Crippen LogP contribution in [0, 0.1) is 11.3 Å². The third kappa shape index (κ3) is 3.35. The molecule has 0 saturated heterocycles. The van der Waals surface area contributed by atoms with E-state index in [1.54, 1.807) is 29.3 Å². The highest BCUT2D eigenvalue weighted by Gasteiger charge is 2.29. The van der Waals surface area contributed by atoms with Crippen LogP contribution in [0.3, 0.4) is 0 Å². The van der Waals surface area contributed by atoms with Crippen molar-refractivity contribution in [3.63, 3.8) is 0 Å². The summed E-state index contributed by atoms with van der Waals surface area (Å²) in [5.74, 6) is 0.858. The van der Waals surface area contributed by atoms with Crippen molar-refractivity contribution in [3.8, 4) is 6.07 Å². The van der Waals surface area contributed by atoms with Gasteiger partial charge in [0.25, 0.3) is 0 Å². The quantitative estimate of drug-likeness (QED) is 0.829. The smallest absolute Gasteiger partial charge is 0.149 e. The zero-order valence-electron chi connectivity index (χ0n) is 10.7. The van der Waals surface area contributed by atoms with Crippen molar-refractivity contribution < 1.29 is 0 Å². The highest BCUT2D eigenvalue weighted by Crippen LogP contribution is 2.29. The van der Waals surface area contributed by atoms with Crippen LogP contribution in [0.15, 0.2) is 46.2 Å². The van der Waals surface area contributed by atoms with Crippen molar-refractivity contribution in [2.24, 2.45) is 0 Å². The SMILES string of the molecule is CNC(C#N)(CCSc1nccs1)c1ccccc1. The van der Waals surface area contributed by atoms with Crippen molar-refractivity contribution in [2.75, 3.05) is 12.8 Å². The molecule has 0 fully saturated rings. The lowest BCUT2D eigenvalue weighted by Gasteiger charge is -2.26. The van der Waals surface area contributed by atoms with Gasteiger partial charge in [0.05, 0.1) is 6.07 Å². The summed E-state index contributed by atoms with van der Waals surface area (Å²) >= 11 is 3.33. The number of nitrogens with one attached hydrogen (secondary N) is 1. The van der Waals surface area contributed by atoms with Crippen LogP contribution in [-0.2, 0) is 5.54 Å². The number of hydrogen-bond acceptors (Lipinski definition) is 5. The molecule has 1 aromatic carbocycles. The van der Waals surface area contributed by atoms with E-state index in [0.29, 0.717) is 0 Å². The van der Waals surface area contributed by atoms with Crippen LogP contribution in [0.5, 0.6) is 0 Å². The molecule has 1 N–H and O–H groups in total. The van der Waals surface area contributed by atoms with E-state index in [2.05, 4.69) is 16.4 Å². The average Bonchev–Trinajstić information content (AvgIpc) is 2.98. The van der Waals surface area contributed by atoms with Crippen molar-refractivity contribution in [1.29, 1.82) is 5.26 Å². The number of nitrogens with zero attached hydrogens (tertiary/aromatic N) is 2. The molecular weight excluding hydrogens is 274 g/mol. The van der Waals surface area contributed by atoms with Gasteiger partial charge in [0.2, 0.25) is 0 Å². The van der Waals surface area contributed by atoms with Gasteiger partial charge in [-0.1, -0.05) is 42.1 Å². The molecule has 98 valence electrons. The first-order valence-electron chi connectivity index (χ1n) is 5.99. The topological polar surface area (TPSA) is 48.7 Å². The molecule has 0 amide bonds. The predicted octanol–water partition coefficient (Wildman–Crippen LogP) is 3.26. The number of aromatic nitrogens is 1. The number of thioether (sulfide) groups is 1. The Hall–Kier alpha value is -1.35. The Morgan fingerprint density at radius 1 is 1.42 bits per heavy atom. The van der Waals surface area contributed by atoms with E-state index in [1.807, 2.05) is 42.8 Å². The second kappa shape index (κ2) is 6.71. The standard InChI is InChI=1S/C14H15N3S2/c1-16-14(11-15,12-5-3-2-4-6-12)7-9-18-13-17-8-10-19-13/h2-6,8,10,16H,7,9H2,1H3. The van der Waals surface area contributed by atoms with Gasteiger partial charge in [-0.25, -0.2) is 4.98 Å². The van der Waals surface area contributed by atoms with Crippen molar-refractivity contribution in [2.45, 2.75) is 16.3 Å². The molecule has 19 heavy (non-hydrogen) atoms. The van der Waals surface area contributed by atoms with Crippen molar-refractivity contribution >= 4 is 23.1 Å². The lowest BCUT2D eigenvalue weighted by molar-refractivity contribution is 0.457. The number of nitriles is 1. The monoisotopic (exact) mass is 289 g/mol. The molecule has 0 aliphatic rings. The minimum Gasteiger partial charge on any atom is -0.299 e. The second-order valence-corrected chi connectivity index (χ2v) is 6.27. The van der Waals surface area contributed by atoms with Gasteiger partial charge in [0.1, 0.15) is 9.88 Å². The van der Waals surface area contributed by atoms with Crippen molar-refractivity contribution in [1.82, 2.24) is 10.3 Å². The molecule has 1 aromatic heterocycles. The van der Waals surface area contributed by atoms with Crippen LogP contribution < -0.4 is 5.32 Å². The predicted molar refractivity (Wildman–Crippen MR) is 80.2 cm³/mol. The minimum atomic E-state index is -0.620. The van der Waals surface area contributed by atoms with Gasteiger partial charge in [0.15, 0.2) is 0 Å². The van der Waals surface area contributed by atoms with Gasteiger partial charge < -0.3 is 0 Å². The first-order valence-corrected chi connectivity index (χ1v) is 7.85. The van der Waals surface area contributed by atoms with Crippen LogP contribution in [0.4, 0.5) is 0 Å². The molecule has 1 heterocycles. The van der Waals surface area contributed by atoms with E-state index in [-0.39, 0.29) is 0 Å². The highest BCUT2D eigenvalue weighted by atomic mass is 32.2. The van der Waals surface area contributed by atoms with E-state index in [0.717, 1.165) is 22.1 Å². The Morgan fingerprint density at radius 2 is 2.21 bits per heavy atom. The normalized spacial score (nSPS) is 13.7. The summed E-state index contributed by atoms with van der Waals surface area (Å²) in [6.07, 6.45) is 2.55. The van der Waals surface area contributed by atoms with Gasteiger partial charge in [-0.15, -0.1) is 11.3 Å². The fourth-order valence-corrected chi connectivity index (χ4v) is 3.65. The number of hydrogen-bond donors (Lipinski definition) is 1. The largest absolute Gasteiger partial charge is 0.299 e. The Bertz CT molecular complexity index is 534. The molecule has 1 atom stereocenters. The molecule has 0 spiro atoms. The van der Waals surface area contributed by atoms with E-state index < -0.39 is 5.54 Å². The molecule has 5 heteroatoms. The van der Waals surface area contributed by atoms with Gasteiger partial charge >= 0.3 is 0 Å². The molecule has 0 bridgehead atoms. The Balaban J connectivity index is 2.06. The molecule has 2 aromatic rings. The van der Waals surface area contributed by atoms with Gasteiger partial charge in [-0.3, -0.25) is 5.32 Å². The van der Waals surface area contributed by atoms with Crippen LogP contribution in [-0.4, -0.2) is 17.8 Å². The summed E-state index contributed by atoms with van der Waals surface area (Å²) in [5.41, 5.74) is 0.394. The summed E-state index contributed by atoms with van der Waals surface area (Å²) < 4.78 is 1.05. The van der Waals surface area contributed by atoms with Crippen LogP contribution >= 0.6 is 23.1 Å². The maximum Gasteiger partial charge on any atom is 0.149 e. The molecular formula is C14H15N3S2. The van der Waals surface area contributed by atoms with Crippen LogP contribution in [0.25, 0.3) is 0 Å².